The first kappa shape index (κ1) is 39.5. The zero-order chi connectivity index (χ0) is 32.5. The highest BCUT2D eigenvalue weighted by atomic mass is 19.4. The van der Waals surface area contributed by atoms with Crippen LogP contribution in [-0.2, 0) is 17.5 Å². The standard InChI is InChI=1S/C15H20F4N2O2.C8H12O.C8H14.CH4O/c1-9(22)8-21(3)10(2)14(23)20-7-11-4-5-12(16)6-13(11)15(17,18)19;1-6-4-3-5-8(9)7(6)2;1-2-8-6-4-3-5-7-8;1-2/h4-6,9-10,22H,7-8H2,1-3H3,(H,20,23);3-4,8-9H,5H2,1-2H3;6H,2-5,7H2,1H3;2H,1H3/t9?,10-;;;/m0.../s1. The molecule has 0 aromatic heterocycles. The van der Waals surface area contributed by atoms with Crippen LogP contribution in [0.15, 0.2) is 53.1 Å². The number of hydrogen-bond acceptors (Lipinski definition) is 5. The predicted molar refractivity (Wildman–Crippen MR) is 160 cm³/mol. The Morgan fingerprint density at radius 1 is 1.17 bits per heavy atom. The Morgan fingerprint density at radius 2 is 1.81 bits per heavy atom. The van der Waals surface area contributed by atoms with E-state index in [0.29, 0.717) is 6.07 Å². The number of alkyl halides is 3. The first-order chi connectivity index (χ1) is 19.7. The van der Waals surface area contributed by atoms with E-state index in [4.69, 9.17) is 5.11 Å². The van der Waals surface area contributed by atoms with Gasteiger partial charge < -0.3 is 20.6 Å². The SMILES string of the molecule is CC(O)CN(C)[C@@H](C)C(=O)NCc1ccc(F)cc1C(F)(F)F.CC1=C(C)C(O)CC=C1.CCC1=CCCCC1.CO. The largest absolute Gasteiger partial charge is 0.416 e. The van der Waals surface area contributed by atoms with Gasteiger partial charge in [0.25, 0.3) is 0 Å². The minimum Gasteiger partial charge on any atom is -0.400 e. The first-order valence-corrected chi connectivity index (χ1v) is 14.3. The second-order valence-electron chi connectivity index (χ2n) is 10.5. The topological polar surface area (TPSA) is 93.0 Å². The van der Waals surface area contributed by atoms with Gasteiger partial charge in [-0.05, 0) is 102 Å². The zero-order valence-electron chi connectivity index (χ0n) is 26.1. The van der Waals surface area contributed by atoms with E-state index in [1.54, 1.807) is 31.4 Å². The number of hydrogen-bond donors (Lipinski definition) is 4. The number of aliphatic hydroxyl groups is 3. The maximum atomic E-state index is 13.0. The zero-order valence-corrected chi connectivity index (χ0v) is 26.1. The third-order valence-corrected chi connectivity index (χ3v) is 7.11. The normalized spacial score (nSPS) is 17.9. The lowest BCUT2D eigenvalue weighted by Gasteiger charge is -2.25. The molecular formula is C32H50F4N2O4. The molecular weight excluding hydrogens is 552 g/mol. The lowest BCUT2D eigenvalue weighted by molar-refractivity contribution is -0.138. The van der Waals surface area contributed by atoms with Crippen molar-refractivity contribution in [1.29, 1.82) is 0 Å². The summed E-state index contributed by atoms with van der Waals surface area (Å²) in [6.45, 7) is 9.27. The van der Waals surface area contributed by atoms with Crippen LogP contribution in [0.4, 0.5) is 17.6 Å². The van der Waals surface area contributed by atoms with Crippen LogP contribution < -0.4 is 5.32 Å². The molecule has 0 saturated heterocycles. The average Bonchev–Trinajstić information content (AvgIpc) is 2.96. The summed E-state index contributed by atoms with van der Waals surface area (Å²) in [4.78, 5) is 13.6. The third-order valence-electron chi connectivity index (χ3n) is 7.11. The Morgan fingerprint density at radius 3 is 2.26 bits per heavy atom. The summed E-state index contributed by atoms with van der Waals surface area (Å²) in [6.07, 6.45) is 8.53. The van der Waals surface area contributed by atoms with E-state index in [0.717, 1.165) is 31.2 Å². The highest BCUT2D eigenvalue weighted by Crippen LogP contribution is 2.32. The Kier molecular flexibility index (Phi) is 19.2. The molecule has 240 valence electrons. The minimum atomic E-state index is -4.70. The number of carbonyl (C=O) groups is 1. The second kappa shape index (κ2) is 20.4. The Hall–Kier alpha value is -2.53. The molecule has 0 aliphatic heterocycles. The number of rotatable bonds is 7. The van der Waals surface area contributed by atoms with Crippen LogP contribution in [0.5, 0.6) is 0 Å². The van der Waals surface area contributed by atoms with Gasteiger partial charge in [-0.25, -0.2) is 4.39 Å². The molecule has 2 aliphatic rings. The molecule has 0 radical (unpaired) electrons. The summed E-state index contributed by atoms with van der Waals surface area (Å²) in [6, 6.07) is 1.70. The molecule has 6 nitrogen and oxygen atoms in total. The number of nitrogens with zero attached hydrogens (tertiary/aromatic N) is 1. The number of carbonyl (C=O) groups excluding carboxylic acids is 1. The summed E-state index contributed by atoms with van der Waals surface area (Å²) in [5.74, 6) is -1.47. The molecule has 10 heteroatoms. The molecule has 0 spiro atoms. The Labute approximate surface area is 248 Å². The van der Waals surface area contributed by atoms with Crippen LogP contribution in [0.3, 0.4) is 0 Å². The van der Waals surface area contributed by atoms with E-state index in [1.165, 1.54) is 37.7 Å². The molecule has 1 amide bonds. The summed E-state index contributed by atoms with van der Waals surface area (Å²) in [5, 5.41) is 27.9. The van der Waals surface area contributed by atoms with E-state index >= 15 is 0 Å². The lowest BCUT2D eigenvalue weighted by atomic mass is 9.98. The highest BCUT2D eigenvalue weighted by molar-refractivity contribution is 5.81. The van der Waals surface area contributed by atoms with Crippen molar-refractivity contribution in [2.45, 2.75) is 104 Å². The van der Waals surface area contributed by atoms with E-state index < -0.39 is 35.6 Å². The smallest absolute Gasteiger partial charge is 0.400 e. The first-order valence-electron chi connectivity index (χ1n) is 14.3. The van der Waals surface area contributed by atoms with Gasteiger partial charge in [0.1, 0.15) is 5.82 Å². The number of amides is 1. The van der Waals surface area contributed by atoms with Crippen molar-refractivity contribution in [2.24, 2.45) is 0 Å². The van der Waals surface area contributed by atoms with Gasteiger partial charge in [-0.3, -0.25) is 9.69 Å². The van der Waals surface area contributed by atoms with Gasteiger partial charge in [0.2, 0.25) is 5.91 Å². The number of benzene rings is 1. The van der Waals surface area contributed by atoms with Gasteiger partial charge in [0, 0.05) is 20.2 Å². The summed E-state index contributed by atoms with van der Waals surface area (Å²) in [5.41, 5.74) is 2.67. The van der Waals surface area contributed by atoms with Gasteiger partial charge in [0.15, 0.2) is 0 Å². The van der Waals surface area contributed by atoms with Gasteiger partial charge >= 0.3 is 6.18 Å². The van der Waals surface area contributed by atoms with Crippen LogP contribution in [0.2, 0.25) is 0 Å². The fourth-order valence-electron chi connectivity index (χ4n) is 4.24. The fraction of sp³-hybridized carbons (Fsp3) is 0.594. The molecule has 2 aliphatic carbocycles. The van der Waals surface area contributed by atoms with Crippen LogP contribution in [-0.4, -0.2) is 65.1 Å². The van der Waals surface area contributed by atoms with Crippen molar-refractivity contribution in [1.82, 2.24) is 10.2 Å². The van der Waals surface area contributed by atoms with Gasteiger partial charge in [-0.1, -0.05) is 36.8 Å². The number of nitrogens with one attached hydrogen (secondary N) is 1. The van der Waals surface area contributed by atoms with Gasteiger partial charge in [-0.2, -0.15) is 13.2 Å². The van der Waals surface area contributed by atoms with Crippen molar-refractivity contribution in [3.8, 4) is 0 Å². The van der Waals surface area contributed by atoms with Crippen molar-refractivity contribution in [3.05, 3.63) is 70.1 Å². The quantitative estimate of drug-likeness (QED) is 0.217. The van der Waals surface area contributed by atoms with Crippen molar-refractivity contribution in [3.63, 3.8) is 0 Å². The molecule has 0 fully saturated rings. The summed E-state index contributed by atoms with van der Waals surface area (Å²) >= 11 is 0. The molecule has 0 saturated carbocycles. The van der Waals surface area contributed by atoms with Crippen LogP contribution in [0, 0.1) is 5.82 Å². The monoisotopic (exact) mass is 602 g/mol. The molecule has 4 N–H and O–H groups in total. The number of likely N-dealkylation sites (N-methyl/N-ethyl adjacent to an activating group) is 1. The number of aliphatic hydroxyl groups excluding tert-OH is 3. The lowest BCUT2D eigenvalue weighted by Crippen LogP contribution is -2.45. The second-order valence-corrected chi connectivity index (χ2v) is 10.5. The molecule has 3 atom stereocenters. The average molecular weight is 603 g/mol. The van der Waals surface area contributed by atoms with Crippen LogP contribution >= 0.6 is 0 Å². The van der Waals surface area contributed by atoms with Crippen LogP contribution in [0.25, 0.3) is 0 Å². The molecule has 1 aromatic rings. The number of allylic oxidation sites excluding steroid dienone is 4. The number of halogens is 4. The maximum absolute atomic E-state index is 13.0. The highest BCUT2D eigenvalue weighted by Gasteiger charge is 2.34. The molecule has 0 heterocycles. The molecule has 1 aromatic carbocycles. The van der Waals surface area contributed by atoms with Gasteiger partial charge in [-0.15, -0.1) is 0 Å². The molecule has 42 heavy (non-hydrogen) atoms. The summed E-state index contributed by atoms with van der Waals surface area (Å²) in [7, 11) is 2.62. The fourth-order valence-corrected chi connectivity index (χ4v) is 4.24. The van der Waals surface area contributed by atoms with Gasteiger partial charge in [0.05, 0.1) is 23.8 Å². The van der Waals surface area contributed by atoms with Crippen molar-refractivity contribution < 1.29 is 37.7 Å². The minimum absolute atomic E-state index is 0.211. The van der Waals surface area contributed by atoms with E-state index in [1.807, 2.05) is 19.9 Å². The van der Waals surface area contributed by atoms with E-state index in [-0.39, 0.29) is 24.8 Å². The predicted octanol–water partition coefficient (Wildman–Crippen LogP) is 6.31. The Bertz CT molecular complexity index is 1040. The molecule has 0 bridgehead atoms. The molecule has 2 unspecified atom stereocenters. The Balaban J connectivity index is 0.000000715. The molecule has 3 rings (SSSR count). The van der Waals surface area contributed by atoms with Crippen LogP contribution in [0.1, 0.15) is 84.3 Å². The van der Waals surface area contributed by atoms with Crippen molar-refractivity contribution >= 4 is 5.91 Å². The van der Waals surface area contributed by atoms with E-state index in [9.17, 15) is 32.6 Å². The third kappa shape index (κ3) is 15.1. The summed E-state index contributed by atoms with van der Waals surface area (Å²) < 4.78 is 51.6. The van der Waals surface area contributed by atoms with E-state index in [2.05, 4.69) is 24.4 Å². The maximum Gasteiger partial charge on any atom is 0.416 e. The van der Waals surface area contributed by atoms with Crippen molar-refractivity contribution in [2.75, 3.05) is 20.7 Å².